The van der Waals surface area contributed by atoms with E-state index in [2.05, 4.69) is 65.3 Å². The molecular formula is C77H86N4O13. The quantitative estimate of drug-likeness (QED) is 0.0478. The molecule has 3 saturated heterocycles. The van der Waals surface area contributed by atoms with E-state index in [-0.39, 0.29) is 83.1 Å². The van der Waals surface area contributed by atoms with Gasteiger partial charge in [-0.15, -0.1) is 0 Å². The molecule has 3 aromatic heterocycles. The highest BCUT2D eigenvalue weighted by atomic mass is 17.2. The van der Waals surface area contributed by atoms with E-state index in [1.165, 1.54) is 29.8 Å². The molecule has 492 valence electrons. The van der Waals surface area contributed by atoms with Crippen molar-refractivity contribution in [1.29, 1.82) is 0 Å². The number of aromatic amines is 1. The van der Waals surface area contributed by atoms with Crippen LogP contribution in [-0.4, -0.2) is 117 Å². The van der Waals surface area contributed by atoms with Gasteiger partial charge >= 0.3 is 0 Å². The van der Waals surface area contributed by atoms with Crippen LogP contribution < -0.4 is 20.8 Å². The topological polar surface area (TPSA) is 261 Å². The summed E-state index contributed by atoms with van der Waals surface area (Å²) in [5.74, 6) is 1.47. The molecule has 21 atom stereocenters. The van der Waals surface area contributed by atoms with Crippen LogP contribution in [0.2, 0.25) is 0 Å². The lowest BCUT2D eigenvalue weighted by molar-refractivity contribution is -0.430. The van der Waals surface area contributed by atoms with Gasteiger partial charge in [-0.3, -0.25) is 9.59 Å². The Morgan fingerprint density at radius 2 is 1.77 bits per heavy atom. The molecule has 1 amide bonds. The molecule has 17 heteroatoms. The molecule has 16 aliphatic rings. The molecule has 22 rings (SSSR count). The monoisotopic (exact) mass is 1270 g/mol. The summed E-state index contributed by atoms with van der Waals surface area (Å²) in [4.78, 5) is 49.8. The molecule has 94 heavy (non-hydrogen) atoms. The Labute approximate surface area is 544 Å². The molecule has 0 radical (unpaired) electrons. The standard InChI is InChI=1S/C77H86N4O13/c1-4-38-27-55-49-30-43(9-11-45(38)49)76(80-55)52-18-24-73(75(90,70(88)67(87)60(86)36-82)33-41-7-13-58(84)46-12-10-44(83)31-48(41)46)23-17-47(52)65-64-40-8-14-61-72(19-6-20-74(61)53(64)34-78-71(74)89)21-15-39(16-22-72)54-32-50-56(79-54)35-81(57(50)5-2)66-68-42(26-51-59(85)25-37(3)91-69(51)66)29-63(93-94-73)77(65,92-68)62(76)28-40/h7,10,12-13,15,18,21,24-26,28,31-32,35,38-39,43,45,49,53,55,60-65,67,70,79-80,82-84,86-88,90H,4-6,8-9,11,14,16-17,19-20,22-23,27,29-30,33-34,36H2,1-3H3,(H,78,89)/t38-,39-,43-,45-,49-,53-,55+,60+,61+,62+,63+,64+,65+,67+,70-,72+,73-,74+,75+,76-,77-/m0/s1. The van der Waals surface area contributed by atoms with Gasteiger partial charge in [-0.05, 0) is 196 Å². The van der Waals surface area contributed by atoms with E-state index < -0.39 is 77.0 Å². The lowest BCUT2D eigenvalue weighted by Crippen LogP contribution is -2.79. The number of rotatable bonds is 9. The maximum atomic E-state index is 16.0. The van der Waals surface area contributed by atoms with Crippen molar-refractivity contribution < 1.29 is 59.5 Å². The van der Waals surface area contributed by atoms with E-state index >= 15 is 4.79 Å². The zero-order valence-electron chi connectivity index (χ0n) is 53.7. The van der Waals surface area contributed by atoms with E-state index in [0.717, 1.165) is 110 Å². The molecular weight excluding hydrogens is 1190 g/mol. The number of aromatic nitrogens is 2. The van der Waals surface area contributed by atoms with Gasteiger partial charge in [-0.2, -0.15) is 0 Å². The zero-order chi connectivity index (χ0) is 64.1. The van der Waals surface area contributed by atoms with Gasteiger partial charge in [0.2, 0.25) is 5.91 Å². The number of phenolic OH excluding ortho intramolecular Hbond substituents is 2. The lowest BCUT2D eigenvalue weighted by atomic mass is 9.41. The van der Waals surface area contributed by atoms with Crippen LogP contribution in [0, 0.1) is 71.0 Å². The Balaban J connectivity index is 0.928. The number of fused-ring (bicyclic) bond motifs is 8. The Morgan fingerprint density at radius 3 is 2.59 bits per heavy atom. The largest absolute Gasteiger partial charge is 0.508 e. The minimum atomic E-state index is -2.63. The van der Waals surface area contributed by atoms with Gasteiger partial charge in [0.05, 0.1) is 28.5 Å². The first-order chi connectivity index (χ1) is 45.4. The molecule has 0 unspecified atom stereocenters. The summed E-state index contributed by atoms with van der Waals surface area (Å²) in [6.45, 7) is 5.88. The molecule has 8 aliphatic carbocycles. The van der Waals surface area contributed by atoms with E-state index in [9.17, 15) is 40.5 Å². The van der Waals surface area contributed by atoms with Gasteiger partial charge in [0.25, 0.3) is 0 Å². The predicted octanol–water partition coefficient (Wildman–Crippen LogP) is 9.67. The number of aromatic hydroxyl groups is 2. The van der Waals surface area contributed by atoms with Crippen molar-refractivity contribution in [1.82, 2.24) is 20.2 Å². The summed E-state index contributed by atoms with van der Waals surface area (Å²) in [6.07, 6.45) is 18.5. The number of carbonyl (C=O) groups excluding carboxylic acids is 1. The highest BCUT2D eigenvalue weighted by Gasteiger charge is 2.78. The summed E-state index contributed by atoms with van der Waals surface area (Å²) in [7, 11) is 0. The minimum absolute atomic E-state index is 0.0244. The Morgan fingerprint density at radius 1 is 0.894 bits per heavy atom. The van der Waals surface area contributed by atoms with E-state index in [1.54, 1.807) is 12.1 Å². The Hall–Kier alpha value is -6.54. The first kappa shape index (κ1) is 58.8. The number of nitrogens with one attached hydrogen (secondary N) is 3. The molecule has 17 nitrogen and oxygen atoms in total. The van der Waals surface area contributed by atoms with Crippen LogP contribution in [0.5, 0.6) is 17.2 Å². The maximum Gasteiger partial charge on any atom is 0.226 e. The Kier molecular flexibility index (Phi) is 12.5. The fourth-order valence-corrected chi connectivity index (χ4v) is 24.3. The summed E-state index contributed by atoms with van der Waals surface area (Å²) in [6, 6.07) is 13.6. The van der Waals surface area contributed by atoms with Crippen molar-refractivity contribution in [3.63, 3.8) is 0 Å². The van der Waals surface area contributed by atoms with Crippen LogP contribution >= 0.6 is 0 Å². The summed E-state index contributed by atoms with van der Waals surface area (Å²) < 4.78 is 18.0. The number of nitrogens with zero attached hydrogens (tertiary/aromatic N) is 1. The number of phenols is 2. The third-order valence-electron chi connectivity index (χ3n) is 28.2. The number of H-pyrrole nitrogens is 1. The third-order valence-corrected chi connectivity index (χ3v) is 28.2. The van der Waals surface area contributed by atoms with Crippen LogP contribution in [0.4, 0.5) is 0 Å². The number of aliphatic hydroxyl groups excluding tert-OH is 4. The summed E-state index contributed by atoms with van der Waals surface area (Å²) in [5.41, 5.74) is 0.727. The van der Waals surface area contributed by atoms with Gasteiger partial charge in [0.15, 0.2) is 28.0 Å². The number of hydrogen-bond donors (Lipinski definition) is 10. The first-order valence-electron chi connectivity index (χ1n) is 35.5. The SMILES string of the molecule is CCc1c2cc3[nH]c2cn1-c1c2c(cc4c(=O)cc(C)oc14)C[C@H]1OO[C@]4([C@@](O)(Cc5ccc(O)c6ccc(O)cc56)[C@@H](O)[C@H](O)[C@H](O)CO)C=CC5=C(CC4)[C@@H]4[C@@H]6C(=C[C@H]([C@@]57N[C@@H]5C[C@H](CC)[C@@H]8CC[C@H]7C[C@@H]85)[C@@]41O2)CC[C@@H]1[C@@]2(C=C[C@H]3CC2)CCC[C@]12C(=O)NC[C@@H]62. The molecule has 17 bridgehead atoms. The molecule has 10 N–H and O–H groups in total. The average Bonchev–Trinajstić information content (AvgIpc) is 1.14. The molecule has 4 spiro atoms. The van der Waals surface area contributed by atoms with E-state index in [1.807, 2.05) is 19.1 Å². The highest BCUT2D eigenvalue weighted by molar-refractivity contribution is 5.94. The predicted molar refractivity (Wildman–Crippen MR) is 350 cm³/mol. The minimum Gasteiger partial charge on any atom is -0.508 e. The van der Waals surface area contributed by atoms with Crippen molar-refractivity contribution in [3.8, 4) is 22.9 Å². The van der Waals surface area contributed by atoms with Crippen molar-refractivity contribution in [2.75, 3.05) is 13.2 Å². The second-order valence-electron chi connectivity index (χ2n) is 31.5. The average molecular weight is 1280 g/mol. The highest BCUT2D eigenvalue weighted by Crippen LogP contribution is 2.74. The number of aliphatic hydroxyl groups is 5. The molecule has 6 aromatic rings. The smallest absolute Gasteiger partial charge is 0.226 e. The summed E-state index contributed by atoms with van der Waals surface area (Å²) in [5, 5.41) is 94.9. The number of amides is 1. The molecule has 11 heterocycles. The number of aryl methyl sites for hydroxylation is 2. The molecule has 3 aromatic carbocycles. The fourth-order valence-electron chi connectivity index (χ4n) is 24.3. The Bertz CT molecular complexity index is 4460. The number of benzene rings is 3. The maximum absolute atomic E-state index is 16.0. The lowest BCUT2D eigenvalue weighted by Gasteiger charge is -2.69. The number of piperidine rings is 1. The van der Waals surface area contributed by atoms with Gasteiger partial charge in [0, 0.05) is 83.2 Å². The first-order valence-corrected chi connectivity index (χ1v) is 35.5. The normalized spacial score (nSPS) is 39.1. The second kappa shape index (κ2) is 20.1. The number of allylic oxidation sites excluding steroid dienone is 3. The second-order valence-corrected chi connectivity index (χ2v) is 31.5. The molecule has 8 aliphatic heterocycles. The van der Waals surface area contributed by atoms with E-state index in [4.69, 9.17) is 24.2 Å². The van der Waals surface area contributed by atoms with Crippen LogP contribution in [0.15, 0.2) is 111 Å². The number of ether oxygens (including phenoxy) is 1. The zero-order valence-corrected chi connectivity index (χ0v) is 53.7. The van der Waals surface area contributed by atoms with Crippen molar-refractivity contribution >= 4 is 38.6 Å². The third kappa shape index (κ3) is 7.33. The number of carbonyl (C=O) groups is 1. The van der Waals surface area contributed by atoms with Crippen LogP contribution in [0.1, 0.15) is 138 Å². The van der Waals surface area contributed by atoms with Crippen molar-refractivity contribution in [3.05, 3.63) is 140 Å². The van der Waals surface area contributed by atoms with Gasteiger partial charge < -0.3 is 65.1 Å². The van der Waals surface area contributed by atoms with Crippen LogP contribution in [0.25, 0.3) is 38.3 Å². The molecule has 7 fully saturated rings. The van der Waals surface area contributed by atoms with Gasteiger partial charge in [0.1, 0.15) is 53.0 Å². The van der Waals surface area contributed by atoms with E-state index in [0.29, 0.717) is 80.8 Å². The van der Waals surface area contributed by atoms with Gasteiger partial charge in [-0.25, -0.2) is 9.78 Å². The number of hydrogen-bond acceptors (Lipinski definition) is 14. The fraction of sp³-hybridized carbons (Fsp3) is 0.558. The van der Waals surface area contributed by atoms with Gasteiger partial charge in [-0.1, -0.05) is 68.2 Å². The van der Waals surface area contributed by atoms with Crippen LogP contribution in [0.3, 0.4) is 0 Å². The van der Waals surface area contributed by atoms with Crippen molar-refractivity contribution in [2.24, 2.45) is 64.1 Å². The van der Waals surface area contributed by atoms with Crippen molar-refractivity contribution in [2.45, 2.75) is 189 Å². The van der Waals surface area contributed by atoms with Crippen LogP contribution in [-0.2, 0) is 33.8 Å². The summed E-state index contributed by atoms with van der Waals surface area (Å²) >= 11 is 0. The molecule has 4 saturated carbocycles.